The molecule has 1 N–H and O–H groups in total. The maximum Gasteiger partial charge on any atom is 0.307 e. The molecular formula is C16H22N2O3. The van der Waals surface area contributed by atoms with E-state index in [2.05, 4.69) is 4.98 Å². The summed E-state index contributed by atoms with van der Waals surface area (Å²) in [4.78, 5) is 29.8. The Labute approximate surface area is 125 Å². The van der Waals surface area contributed by atoms with E-state index in [9.17, 15) is 14.7 Å². The van der Waals surface area contributed by atoms with Crippen LogP contribution >= 0.6 is 0 Å². The molecule has 114 valence electrons. The van der Waals surface area contributed by atoms with Gasteiger partial charge in [-0.15, -0.1) is 0 Å². The second-order valence-corrected chi connectivity index (χ2v) is 6.20. The van der Waals surface area contributed by atoms with Crippen LogP contribution in [-0.2, 0) is 9.59 Å². The predicted octanol–water partition coefficient (Wildman–Crippen LogP) is 2.35. The van der Waals surface area contributed by atoms with Gasteiger partial charge in [-0.25, -0.2) is 0 Å². The lowest BCUT2D eigenvalue weighted by molar-refractivity contribution is -0.142. The molecule has 1 heterocycles. The summed E-state index contributed by atoms with van der Waals surface area (Å²) >= 11 is 0. The molecule has 1 aromatic heterocycles. The molecule has 1 unspecified atom stereocenters. The predicted molar refractivity (Wildman–Crippen MR) is 78.4 cm³/mol. The Balaban J connectivity index is 2.19. The van der Waals surface area contributed by atoms with Gasteiger partial charge >= 0.3 is 5.97 Å². The fourth-order valence-electron chi connectivity index (χ4n) is 3.16. The molecule has 1 saturated carbocycles. The van der Waals surface area contributed by atoms with Crippen molar-refractivity contribution < 1.29 is 14.7 Å². The average Bonchev–Trinajstić information content (AvgIpc) is 3.03. The van der Waals surface area contributed by atoms with Crippen LogP contribution in [0.1, 0.15) is 39.3 Å². The molecule has 1 fully saturated rings. The highest BCUT2D eigenvalue weighted by molar-refractivity contribution is 5.91. The molecule has 0 radical (unpaired) electrons. The number of hydrogen-bond donors (Lipinski definition) is 1. The van der Waals surface area contributed by atoms with Crippen molar-refractivity contribution in [3.05, 3.63) is 30.1 Å². The number of aromatic nitrogens is 1. The van der Waals surface area contributed by atoms with Crippen LogP contribution in [0.5, 0.6) is 0 Å². The van der Waals surface area contributed by atoms with Crippen molar-refractivity contribution in [1.29, 1.82) is 0 Å². The van der Waals surface area contributed by atoms with Crippen molar-refractivity contribution in [3.63, 3.8) is 0 Å². The molecule has 5 heteroatoms. The van der Waals surface area contributed by atoms with Gasteiger partial charge in [0.1, 0.15) is 0 Å². The van der Waals surface area contributed by atoms with E-state index in [1.54, 1.807) is 17.3 Å². The molecule has 1 aliphatic carbocycles. The van der Waals surface area contributed by atoms with Gasteiger partial charge in [-0.1, -0.05) is 19.9 Å². The quantitative estimate of drug-likeness (QED) is 0.903. The molecular weight excluding hydrogens is 268 g/mol. The van der Waals surface area contributed by atoms with Crippen LogP contribution < -0.4 is 0 Å². The SMILES string of the molecule is CCN(C(=O)[C@@H]1[C@H](C(=O)O)C1(C)C)C(C)c1cccnc1. The second-order valence-electron chi connectivity index (χ2n) is 6.20. The van der Waals surface area contributed by atoms with Gasteiger partial charge in [0.25, 0.3) is 0 Å². The maximum absolute atomic E-state index is 12.7. The van der Waals surface area contributed by atoms with Crippen LogP contribution in [-0.4, -0.2) is 33.4 Å². The largest absolute Gasteiger partial charge is 0.481 e. The van der Waals surface area contributed by atoms with Gasteiger partial charge in [0, 0.05) is 18.9 Å². The maximum atomic E-state index is 12.7. The normalized spacial score (nSPS) is 24.2. The number of carboxylic acid groups (broad SMARTS) is 1. The third-order valence-corrected chi connectivity index (χ3v) is 4.62. The third kappa shape index (κ3) is 2.64. The monoisotopic (exact) mass is 290 g/mol. The number of rotatable bonds is 5. The molecule has 21 heavy (non-hydrogen) atoms. The van der Waals surface area contributed by atoms with Gasteiger partial charge in [0.05, 0.1) is 17.9 Å². The third-order valence-electron chi connectivity index (χ3n) is 4.62. The molecule has 3 atom stereocenters. The highest BCUT2D eigenvalue weighted by Crippen LogP contribution is 2.59. The Morgan fingerprint density at radius 2 is 2.10 bits per heavy atom. The summed E-state index contributed by atoms with van der Waals surface area (Å²) in [5, 5.41) is 9.24. The lowest BCUT2D eigenvalue weighted by Gasteiger charge is -2.29. The number of nitrogens with zero attached hydrogens (tertiary/aromatic N) is 2. The minimum absolute atomic E-state index is 0.0775. The van der Waals surface area contributed by atoms with Crippen molar-refractivity contribution in [2.45, 2.75) is 33.7 Å². The number of hydrogen-bond acceptors (Lipinski definition) is 3. The summed E-state index contributed by atoms with van der Waals surface area (Å²) in [6, 6.07) is 3.66. The zero-order chi connectivity index (χ0) is 15.8. The number of pyridine rings is 1. The Hall–Kier alpha value is -1.91. The van der Waals surface area contributed by atoms with E-state index >= 15 is 0 Å². The fraction of sp³-hybridized carbons (Fsp3) is 0.562. The van der Waals surface area contributed by atoms with Gasteiger partial charge in [0.15, 0.2) is 0 Å². The lowest BCUT2D eigenvalue weighted by Crippen LogP contribution is -2.36. The summed E-state index contributed by atoms with van der Waals surface area (Å²) in [6.45, 7) is 8.10. The molecule has 1 aromatic rings. The minimum Gasteiger partial charge on any atom is -0.481 e. The molecule has 5 nitrogen and oxygen atoms in total. The van der Waals surface area contributed by atoms with Crippen LogP contribution in [0.15, 0.2) is 24.5 Å². The van der Waals surface area contributed by atoms with E-state index in [0.717, 1.165) is 5.56 Å². The average molecular weight is 290 g/mol. The number of carbonyl (C=O) groups excluding carboxylic acids is 1. The molecule has 2 rings (SSSR count). The van der Waals surface area contributed by atoms with Crippen molar-refractivity contribution >= 4 is 11.9 Å². The zero-order valence-electron chi connectivity index (χ0n) is 12.9. The summed E-state index contributed by atoms with van der Waals surface area (Å²) in [5.41, 5.74) is 0.489. The van der Waals surface area contributed by atoms with E-state index in [1.165, 1.54) is 0 Å². The summed E-state index contributed by atoms with van der Waals surface area (Å²) < 4.78 is 0. The van der Waals surface area contributed by atoms with Crippen LogP contribution in [0, 0.1) is 17.3 Å². The summed E-state index contributed by atoms with van der Waals surface area (Å²) in [7, 11) is 0. The van der Waals surface area contributed by atoms with Crippen LogP contribution in [0.4, 0.5) is 0 Å². The van der Waals surface area contributed by atoms with Gasteiger partial charge in [0.2, 0.25) is 5.91 Å². The van der Waals surface area contributed by atoms with E-state index in [1.807, 2.05) is 39.8 Å². The lowest BCUT2D eigenvalue weighted by atomic mass is 10.1. The van der Waals surface area contributed by atoms with Crippen molar-refractivity contribution in [3.8, 4) is 0 Å². The van der Waals surface area contributed by atoms with E-state index in [4.69, 9.17) is 0 Å². The topological polar surface area (TPSA) is 70.5 Å². The Bertz CT molecular complexity index is 542. The Kier molecular flexibility index (Phi) is 4.03. The Morgan fingerprint density at radius 3 is 2.52 bits per heavy atom. The number of carboxylic acids is 1. The van der Waals surface area contributed by atoms with Gasteiger partial charge in [-0.05, 0) is 30.9 Å². The molecule has 1 amide bonds. The van der Waals surface area contributed by atoms with Gasteiger partial charge < -0.3 is 10.0 Å². The van der Waals surface area contributed by atoms with E-state index in [0.29, 0.717) is 6.54 Å². The highest BCUT2D eigenvalue weighted by atomic mass is 16.4. The molecule has 0 aromatic carbocycles. The highest BCUT2D eigenvalue weighted by Gasteiger charge is 2.66. The number of carbonyl (C=O) groups is 2. The van der Waals surface area contributed by atoms with Crippen molar-refractivity contribution in [2.75, 3.05) is 6.54 Å². The fourth-order valence-corrected chi connectivity index (χ4v) is 3.16. The van der Waals surface area contributed by atoms with Gasteiger partial charge in [-0.2, -0.15) is 0 Å². The Morgan fingerprint density at radius 1 is 1.43 bits per heavy atom. The molecule has 0 bridgehead atoms. The standard InChI is InChI=1S/C16H22N2O3/c1-5-18(10(2)11-7-6-8-17-9-11)14(19)12-13(15(20)21)16(12,3)4/h6-10,12-13H,5H2,1-4H3,(H,20,21)/t10?,12-,13+/m0/s1. The number of aliphatic carboxylic acids is 1. The molecule has 0 spiro atoms. The summed E-state index contributed by atoms with van der Waals surface area (Å²) in [6.07, 6.45) is 3.44. The first-order chi connectivity index (χ1) is 9.82. The summed E-state index contributed by atoms with van der Waals surface area (Å²) in [5.74, 6) is -1.98. The van der Waals surface area contributed by atoms with E-state index < -0.39 is 23.2 Å². The smallest absolute Gasteiger partial charge is 0.307 e. The molecule has 0 aliphatic heterocycles. The van der Waals surface area contributed by atoms with Crippen LogP contribution in [0.2, 0.25) is 0 Å². The van der Waals surface area contributed by atoms with E-state index in [-0.39, 0.29) is 11.9 Å². The zero-order valence-corrected chi connectivity index (χ0v) is 12.9. The second kappa shape index (κ2) is 5.47. The van der Waals surface area contributed by atoms with Crippen LogP contribution in [0.3, 0.4) is 0 Å². The molecule has 0 saturated heterocycles. The first-order valence-corrected chi connectivity index (χ1v) is 7.25. The molecule has 1 aliphatic rings. The first kappa shape index (κ1) is 15.5. The minimum atomic E-state index is -0.886. The van der Waals surface area contributed by atoms with Gasteiger partial charge in [-0.3, -0.25) is 14.6 Å². The van der Waals surface area contributed by atoms with Crippen LogP contribution in [0.25, 0.3) is 0 Å². The number of amides is 1. The van der Waals surface area contributed by atoms with Crippen molar-refractivity contribution in [2.24, 2.45) is 17.3 Å². The first-order valence-electron chi connectivity index (χ1n) is 7.25. The van der Waals surface area contributed by atoms with Crippen molar-refractivity contribution in [1.82, 2.24) is 9.88 Å².